The number of hydrogen-bond donors (Lipinski definition) is 2. The molecule has 1 aromatic rings. The Labute approximate surface area is 103 Å². The van der Waals surface area contributed by atoms with Gasteiger partial charge in [-0.3, -0.25) is 4.79 Å². The summed E-state index contributed by atoms with van der Waals surface area (Å²) >= 11 is 0. The van der Waals surface area contributed by atoms with Crippen molar-refractivity contribution >= 4 is 5.91 Å². The second kappa shape index (κ2) is 7.07. The normalized spacial score (nSPS) is 14.1. The predicted molar refractivity (Wildman–Crippen MR) is 70.6 cm³/mol. The third kappa shape index (κ3) is 5.00. The number of carbonyl (C=O) groups is 1. The summed E-state index contributed by atoms with van der Waals surface area (Å²) in [6.07, 6.45) is 2.46. The van der Waals surface area contributed by atoms with Gasteiger partial charge in [-0.15, -0.1) is 0 Å². The molecule has 2 unspecified atom stereocenters. The lowest BCUT2D eigenvalue weighted by atomic mass is 10.1. The highest BCUT2D eigenvalue weighted by molar-refractivity contribution is 5.81. The molecular formula is C14H22N2O. The van der Waals surface area contributed by atoms with Crippen LogP contribution in [0, 0.1) is 0 Å². The van der Waals surface area contributed by atoms with E-state index in [9.17, 15) is 4.79 Å². The van der Waals surface area contributed by atoms with Gasteiger partial charge in [0.1, 0.15) is 0 Å². The van der Waals surface area contributed by atoms with Crippen molar-refractivity contribution in [1.82, 2.24) is 5.32 Å². The van der Waals surface area contributed by atoms with Crippen molar-refractivity contribution in [2.45, 2.75) is 45.2 Å². The first kappa shape index (κ1) is 13.7. The smallest absolute Gasteiger partial charge is 0.237 e. The van der Waals surface area contributed by atoms with Gasteiger partial charge in [0.25, 0.3) is 0 Å². The Hall–Kier alpha value is -1.35. The lowest BCUT2D eigenvalue weighted by Crippen LogP contribution is -2.44. The van der Waals surface area contributed by atoms with E-state index < -0.39 is 6.04 Å². The molecule has 0 radical (unpaired) electrons. The molecule has 0 heterocycles. The van der Waals surface area contributed by atoms with Crippen LogP contribution in [0.3, 0.4) is 0 Å². The lowest BCUT2D eigenvalue weighted by Gasteiger charge is -2.16. The molecule has 0 saturated carbocycles. The maximum absolute atomic E-state index is 11.7. The molecule has 3 nitrogen and oxygen atoms in total. The summed E-state index contributed by atoms with van der Waals surface area (Å²) in [5, 5.41) is 2.90. The summed E-state index contributed by atoms with van der Waals surface area (Å²) in [5.74, 6) is -0.0460. The summed E-state index contributed by atoms with van der Waals surface area (Å²) in [5.41, 5.74) is 7.08. The van der Waals surface area contributed by atoms with E-state index in [2.05, 4.69) is 17.4 Å². The van der Waals surface area contributed by atoms with E-state index in [-0.39, 0.29) is 11.9 Å². The van der Waals surface area contributed by atoms with Crippen LogP contribution in [0.2, 0.25) is 0 Å². The van der Waals surface area contributed by atoms with Crippen LogP contribution in [0.5, 0.6) is 0 Å². The third-order valence-electron chi connectivity index (χ3n) is 2.92. The van der Waals surface area contributed by atoms with Crippen molar-refractivity contribution in [1.29, 1.82) is 0 Å². The molecule has 1 amide bonds. The Kier molecular flexibility index (Phi) is 5.70. The van der Waals surface area contributed by atoms with Crippen LogP contribution in [0.15, 0.2) is 30.3 Å². The van der Waals surface area contributed by atoms with Gasteiger partial charge in [-0.25, -0.2) is 0 Å². The molecule has 0 saturated heterocycles. The van der Waals surface area contributed by atoms with Gasteiger partial charge in [0.2, 0.25) is 5.91 Å². The SMILES string of the molecule is CCC(C)NC(=O)C(N)CCc1ccccc1. The number of aryl methyl sites for hydroxylation is 1. The highest BCUT2D eigenvalue weighted by Crippen LogP contribution is 2.04. The molecular weight excluding hydrogens is 212 g/mol. The molecule has 0 spiro atoms. The molecule has 0 aromatic heterocycles. The Morgan fingerprint density at radius 2 is 2.00 bits per heavy atom. The number of hydrogen-bond acceptors (Lipinski definition) is 2. The Morgan fingerprint density at radius 1 is 1.35 bits per heavy atom. The molecule has 0 aliphatic rings. The monoisotopic (exact) mass is 234 g/mol. The van der Waals surface area contributed by atoms with Gasteiger partial charge in [-0.2, -0.15) is 0 Å². The van der Waals surface area contributed by atoms with Crippen LogP contribution in [0.4, 0.5) is 0 Å². The second-order valence-electron chi connectivity index (χ2n) is 4.45. The number of carbonyl (C=O) groups excluding carboxylic acids is 1. The molecule has 94 valence electrons. The molecule has 1 rings (SSSR count). The minimum atomic E-state index is -0.413. The van der Waals surface area contributed by atoms with Gasteiger partial charge in [0.15, 0.2) is 0 Å². The zero-order chi connectivity index (χ0) is 12.7. The quantitative estimate of drug-likeness (QED) is 0.789. The topological polar surface area (TPSA) is 55.1 Å². The van der Waals surface area contributed by atoms with Crippen molar-refractivity contribution in [2.24, 2.45) is 5.73 Å². The lowest BCUT2D eigenvalue weighted by molar-refractivity contribution is -0.123. The zero-order valence-electron chi connectivity index (χ0n) is 10.6. The number of benzene rings is 1. The molecule has 17 heavy (non-hydrogen) atoms. The number of amides is 1. The van der Waals surface area contributed by atoms with E-state index >= 15 is 0 Å². The van der Waals surface area contributed by atoms with Crippen LogP contribution in [0.25, 0.3) is 0 Å². The molecule has 3 heteroatoms. The highest BCUT2D eigenvalue weighted by atomic mass is 16.2. The van der Waals surface area contributed by atoms with Crippen molar-refractivity contribution in [3.63, 3.8) is 0 Å². The fourth-order valence-electron chi connectivity index (χ4n) is 1.55. The van der Waals surface area contributed by atoms with E-state index in [1.165, 1.54) is 5.56 Å². The van der Waals surface area contributed by atoms with Crippen LogP contribution in [-0.2, 0) is 11.2 Å². The fourth-order valence-corrected chi connectivity index (χ4v) is 1.55. The molecule has 1 aromatic carbocycles. The number of nitrogens with two attached hydrogens (primary N) is 1. The number of rotatable bonds is 6. The minimum Gasteiger partial charge on any atom is -0.352 e. The van der Waals surface area contributed by atoms with Crippen LogP contribution in [0.1, 0.15) is 32.3 Å². The fraction of sp³-hybridized carbons (Fsp3) is 0.500. The maximum Gasteiger partial charge on any atom is 0.237 e. The molecule has 0 aliphatic heterocycles. The van der Waals surface area contributed by atoms with Gasteiger partial charge >= 0.3 is 0 Å². The average molecular weight is 234 g/mol. The van der Waals surface area contributed by atoms with E-state index in [0.717, 1.165) is 12.8 Å². The van der Waals surface area contributed by atoms with Gasteiger partial charge in [0, 0.05) is 6.04 Å². The second-order valence-corrected chi connectivity index (χ2v) is 4.45. The largest absolute Gasteiger partial charge is 0.352 e. The Bertz CT molecular complexity index is 337. The first-order valence-electron chi connectivity index (χ1n) is 6.23. The van der Waals surface area contributed by atoms with Crippen LogP contribution in [-0.4, -0.2) is 18.0 Å². The molecule has 0 bridgehead atoms. The molecule has 0 aliphatic carbocycles. The Morgan fingerprint density at radius 3 is 2.59 bits per heavy atom. The molecule has 2 atom stereocenters. The van der Waals surface area contributed by atoms with Gasteiger partial charge in [-0.05, 0) is 31.7 Å². The van der Waals surface area contributed by atoms with E-state index in [4.69, 9.17) is 5.73 Å². The van der Waals surface area contributed by atoms with E-state index in [1.54, 1.807) is 0 Å². The van der Waals surface area contributed by atoms with Crippen molar-refractivity contribution in [3.8, 4) is 0 Å². The van der Waals surface area contributed by atoms with Gasteiger partial charge < -0.3 is 11.1 Å². The summed E-state index contributed by atoms with van der Waals surface area (Å²) in [6, 6.07) is 9.88. The third-order valence-corrected chi connectivity index (χ3v) is 2.92. The highest BCUT2D eigenvalue weighted by Gasteiger charge is 2.14. The van der Waals surface area contributed by atoms with Crippen molar-refractivity contribution in [3.05, 3.63) is 35.9 Å². The number of nitrogens with one attached hydrogen (secondary N) is 1. The van der Waals surface area contributed by atoms with E-state index in [0.29, 0.717) is 6.42 Å². The minimum absolute atomic E-state index is 0.0460. The van der Waals surface area contributed by atoms with Crippen LogP contribution >= 0.6 is 0 Å². The van der Waals surface area contributed by atoms with Gasteiger partial charge in [0.05, 0.1) is 6.04 Å². The van der Waals surface area contributed by atoms with Crippen LogP contribution < -0.4 is 11.1 Å². The van der Waals surface area contributed by atoms with Crippen molar-refractivity contribution in [2.75, 3.05) is 0 Å². The first-order valence-corrected chi connectivity index (χ1v) is 6.23. The summed E-state index contributed by atoms with van der Waals surface area (Å²) < 4.78 is 0. The summed E-state index contributed by atoms with van der Waals surface area (Å²) in [4.78, 5) is 11.7. The van der Waals surface area contributed by atoms with Crippen molar-refractivity contribution < 1.29 is 4.79 Å². The predicted octanol–water partition coefficient (Wildman–Crippen LogP) is 1.86. The molecule has 3 N–H and O–H groups in total. The molecule has 0 fully saturated rings. The standard InChI is InChI=1S/C14H22N2O/c1-3-11(2)16-14(17)13(15)10-9-12-7-5-4-6-8-12/h4-8,11,13H,3,9-10,15H2,1-2H3,(H,16,17). The summed E-state index contributed by atoms with van der Waals surface area (Å²) in [7, 11) is 0. The van der Waals surface area contributed by atoms with Gasteiger partial charge in [-0.1, -0.05) is 37.3 Å². The first-order chi connectivity index (χ1) is 8.13. The van der Waals surface area contributed by atoms with E-state index in [1.807, 2.05) is 32.0 Å². The summed E-state index contributed by atoms with van der Waals surface area (Å²) in [6.45, 7) is 4.03. The zero-order valence-corrected chi connectivity index (χ0v) is 10.6. The average Bonchev–Trinajstić information content (AvgIpc) is 2.36. The maximum atomic E-state index is 11.7. The Balaban J connectivity index is 2.34.